The van der Waals surface area contributed by atoms with Gasteiger partial charge in [-0.1, -0.05) is 23.7 Å². The first-order chi connectivity index (χ1) is 16.9. The number of rotatable bonds is 6. The molecule has 0 aliphatic carbocycles. The number of methoxy groups -OCH3 is 1. The van der Waals surface area contributed by atoms with Gasteiger partial charge in [-0.25, -0.2) is 8.91 Å². The summed E-state index contributed by atoms with van der Waals surface area (Å²) in [5.74, 6) is -0.227. The highest BCUT2D eigenvalue weighted by atomic mass is 35.5. The average molecular weight is 513 g/mol. The van der Waals surface area contributed by atoms with Crippen molar-refractivity contribution in [2.24, 2.45) is 0 Å². The number of aromatic amines is 1. The highest BCUT2D eigenvalue weighted by Crippen LogP contribution is 2.30. The molecule has 1 amide bonds. The van der Waals surface area contributed by atoms with E-state index in [4.69, 9.17) is 16.3 Å². The lowest BCUT2D eigenvalue weighted by Crippen LogP contribution is -2.42. The minimum Gasteiger partial charge on any atom is -0.495 e. The summed E-state index contributed by atoms with van der Waals surface area (Å²) in [6.45, 7) is 6.45. The Morgan fingerprint density at radius 3 is 2.50 bits per heavy atom. The fourth-order valence-corrected chi connectivity index (χ4v) is 4.50. The van der Waals surface area contributed by atoms with Crippen molar-refractivity contribution in [1.29, 1.82) is 0 Å². The largest absolute Gasteiger partial charge is 0.495 e. The SMILES string of the molecule is COc1cc(-c2nn3c(C)c(C(=O)N[C@@H](c4ccc(F)cc4)C(C)(C)O)c(C)c3c(=O)[nH]2)ccc1Cl. The second-order valence-corrected chi connectivity index (χ2v) is 9.52. The highest BCUT2D eigenvalue weighted by molar-refractivity contribution is 6.32. The molecule has 0 saturated carbocycles. The van der Waals surface area contributed by atoms with Gasteiger partial charge < -0.3 is 20.1 Å². The molecule has 188 valence electrons. The maximum absolute atomic E-state index is 13.5. The van der Waals surface area contributed by atoms with E-state index in [0.29, 0.717) is 33.2 Å². The fraction of sp³-hybridized carbons (Fsp3) is 0.269. The van der Waals surface area contributed by atoms with Gasteiger partial charge in [-0.05, 0) is 69.2 Å². The number of carbonyl (C=O) groups is 1. The Kier molecular flexibility index (Phi) is 6.64. The van der Waals surface area contributed by atoms with Crippen molar-refractivity contribution >= 4 is 23.0 Å². The Morgan fingerprint density at radius 1 is 1.22 bits per heavy atom. The number of benzene rings is 2. The molecule has 3 N–H and O–H groups in total. The molecule has 2 aromatic carbocycles. The second-order valence-electron chi connectivity index (χ2n) is 9.11. The highest BCUT2D eigenvalue weighted by Gasteiger charge is 2.32. The Balaban J connectivity index is 1.79. The molecule has 2 aromatic heterocycles. The molecule has 0 saturated heterocycles. The van der Waals surface area contributed by atoms with Crippen molar-refractivity contribution in [2.75, 3.05) is 7.11 Å². The Morgan fingerprint density at radius 2 is 1.89 bits per heavy atom. The molecule has 0 unspecified atom stereocenters. The van der Waals surface area contributed by atoms with E-state index in [9.17, 15) is 19.1 Å². The molecule has 36 heavy (non-hydrogen) atoms. The van der Waals surface area contributed by atoms with Crippen LogP contribution in [-0.2, 0) is 0 Å². The summed E-state index contributed by atoms with van der Waals surface area (Å²) in [4.78, 5) is 29.3. The first kappa shape index (κ1) is 25.4. The monoisotopic (exact) mass is 512 g/mol. The predicted octanol–water partition coefficient (Wildman–Crippen LogP) is 4.35. The first-order valence-corrected chi connectivity index (χ1v) is 11.5. The van der Waals surface area contributed by atoms with Gasteiger partial charge in [-0.2, -0.15) is 0 Å². The molecular weight excluding hydrogens is 487 g/mol. The molecule has 0 radical (unpaired) electrons. The average Bonchev–Trinajstić information content (AvgIpc) is 3.07. The van der Waals surface area contributed by atoms with Crippen LogP contribution in [0.25, 0.3) is 16.9 Å². The fourth-order valence-electron chi connectivity index (χ4n) is 4.30. The number of carbonyl (C=O) groups excluding carboxylic acids is 1. The lowest BCUT2D eigenvalue weighted by molar-refractivity contribution is 0.0343. The number of hydrogen-bond donors (Lipinski definition) is 3. The molecule has 0 spiro atoms. The molecule has 0 bridgehead atoms. The van der Waals surface area contributed by atoms with Crippen molar-refractivity contribution in [3.8, 4) is 17.1 Å². The quantitative estimate of drug-likeness (QED) is 0.356. The number of aromatic nitrogens is 3. The second kappa shape index (κ2) is 9.40. The Hall–Kier alpha value is -3.69. The van der Waals surface area contributed by atoms with Gasteiger partial charge in [0, 0.05) is 5.56 Å². The molecule has 0 aliphatic heterocycles. The zero-order valence-corrected chi connectivity index (χ0v) is 21.2. The van der Waals surface area contributed by atoms with E-state index in [1.165, 1.54) is 35.9 Å². The minimum atomic E-state index is -1.36. The molecule has 2 heterocycles. The lowest BCUT2D eigenvalue weighted by Gasteiger charge is -2.30. The van der Waals surface area contributed by atoms with Gasteiger partial charge in [-0.3, -0.25) is 9.59 Å². The molecule has 10 heteroatoms. The number of halogens is 2. The van der Waals surface area contributed by atoms with Gasteiger partial charge in [0.25, 0.3) is 11.5 Å². The molecular formula is C26H26ClFN4O4. The summed E-state index contributed by atoms with van der Waals surface area (Å²) in [6, 6.07) is 9.70. The smallest absolute Gasteiger partial charge is 0.275 e. The van der Waals surface area contributed by atoms with E-state index in [-0.39, 0.29) is 16.9 Å². The number of nitrogens with one attached hydrogen (secondary N) is 2. The maximum atomic E-state index is 13.5. The number of ether oxygens (including phenoxy) is 1. The normalized spacial score (nSPS) is 12.6. The van der Waals surface area contributed by atoms with E-state index in [1.807, 2.05) is 0 Å². The van der Waals surface area contributed by atoms with Crippen LogP contribution in [0.2, 0.25) is 5.02 Å². The van der Waals surface area contributed by atoms with Crippen LogP contribution in [0, 0.1) is 19.7 Å². The van der Waals surface area contributed by atoms with Crippen LogP contribution >= 0.6 is 11.6 Å². The first-order valence-electron chi connectivity index (χ1n) is 11.2. The molecule has 0 aliphatic rings. The summed E-state index contributed by atoms with van der Waals surface area (Å²) < 4.78 is 20.1. The molecule has 4 aromatic rings. The number of amides is 1. The molecule has 1 atom stereocenters. The Bertz CT molecular complexity index is 1520. The lowest BCUT2D eigenvalue weighted by atomic mass is 9.91. The zero-order valence-electron chi connectivity index (χ0n) is 20.4. The topological polar surface area (TPSA) is 109 Å². The van der Waals surface area contributed by atoms with Gasteiger partial charge in [0.05, 0.1) is 35.0 Å². The summed E-state index contributed by atoms with van der Waals surface area (Å²) in [5.41, 5.74) is 0.696. The predicted molar refractivity (Wildman–Crippen MR) is 135 cm³/mol. The third kappa shape index (κ3) is 4.59. The van der Waals surface area contributed by atoms with Crippen LogP contribution < -0.4 is 15.6 Å². The number of nitrogens with zero attached hydrogens (tertiary/aromatic N) is 2. The van der Waals surface area contributed by atoms with Crippen LogP contribution in [0.3, 0.4) is 0 Å². The number of fused-ring (bicyclic) bond motifs is 1. The van der Waals surface area contributed by atoms with Gasteiger partial charge in [0.15, 0.2) is 5.82 Å². The number of aliphatic hydroxyl groups is 1. The van der Waals surface area contributed by atoms with Crippen molar-refractivity contribution in [3.63, 3.8) is 0 Å². The number of H-pyrrole nitrogens is 1. The van der Waals surface area contributed by atoms with E-state index in [2.05, 4.69) is 15.4 Å². The zero-order chi connectivity index (χ0) is 26.4. The van der Waals surface area contributed by atoms with Crippen molar-refractivity contribution in [2.45, 2.75) is 39.3 Å². The van der Waals surface area contributed by atoms with Gasteiger partial charge >= 0.3 is 0 Å². The summed E-state index contributed by atoms with van der Waals surface area (Å²) in [7, 11) is 1.49. The minimum absolute atomic E-state index is 0.226. The maximum Gasteiger partial charge on any atom is 0.275 e. The van der Waals surface area contributed by atoms with E-state index >= 15 is 0 Å². The standard InChI is InChI=1S/C26H26ClFN4O4/c1-13-20(24(33)29-22(26(3,4)35)15-6-9-17(28)10-7-15)14(2)32-21(13)25(34)30-23(31-32)16-8-11-18(27)19(12-16)36-5/h6-12,22,35H,1-5H3,(H,29,33)(H,30,31,34)/t22-/m0/s1. The van der Waals surface area contributed by atoms with Crippen LogP contribution in [0.1, 0.15) is 47.1 Å². The van der Waals surface area contributed by atoms with Crippen molar-refractivity contribution < 1.29 is 19.0 Å². The summed E-state index contributed by atoms with van der Waals surface area (Å²) in [6.07, 6.45) is 0. The summed E-state index contributed by atoms with van der Waals surface area (Å²) >= 11 is 6.12. The third-order valence-corrected chi connectivity index (χ3v) is 6.42. The summed E-state index contributed by atoms with van der Waals surface area (Å²) in [5, 5.41) is 18.6. The van der Waals surface area contributed by atoms with Crippen molar-refractivity contribution in [3.05, 3.63) is 86.0 Å². The van der Waals surface area contributed by atoms with Gasteiger partial charge in [-0.15, -0.1) is 5.10 Å². The van der Waals surface area contributed by atoms with Crippen LogP contribution in [0.15, 0.2) is 47.3 Å². The molecule has 4 rings (SSSR count). The third-order valence-electron chi connectivity index (χ3n) is 6.11. The van der Waals surface area contributed by atoms with E-state index in [1.54, 1.807) is 45.9 Å². The molecule has 8 nitrogen and oxygen atoms in total. The van der Waals surface area contributed by atoms with E-state index in [0.717, 1.165) is 0 Å². The van der Waals surface area contributed by atoms with Crippen molar-refractivity contribution in [1.82, 2.24) is 19.9 Å². The van der Waals surface area contributed by atoms with E-state index < -0.39 is 28.9 Å². The van der Waals surface area contributed by atoms with Crippen LogP contribution in [-0.4, -0.2) is 38.3 Å². The number of hydrogen-bond acceptors (Lipinski definition) is 5. The van der Waals surface area contributed by atoms with Gasteiger partial charge in [0.1, 0.15) is 17.1 Å². The number of aryl methyl sites for hydroxylation is 2. The van der Waals surface area contributed by atoms with Crippen LogP contribution in [0.4, 0.5) is 4.39 Å². The molecule has 0 fully saturated rings. The van der Waals surface area contributed by atoms with Gasteiger partial charge in [0.2, 0.25) is 0 Å². The Labute approximate surface area is 211 Å². The van der Waals surface area contributed by atoms with Crippen LogP contribution in [0.5, 0.6) is 5.75 Å².